The van der Waals surface area contributed by atoms with Crippen LogP contribution in [0.15, 0.2) is 120 Å². The van der Waals surface area contributed by atoms with Crippen LogP contribution < -0.4 is 5.19 Å². The second kappa shape index (κ2) is 15.3. The second-order valence-corrected chi connectivity index (χ2v) is 19.0. The van der Waals surface area contributed by atoms with Crippen LogP contribution in [0.5, 0.6) is 0 Å². The number of furan rings is 1. The molecule has 8 rings (SSSR count). The van der Waals surface area contributed by atoms with Crippen LogP contribution in [0.25, 0.3) is 55.7 Å². The zero-order valence-corrected chi connectivity index (χ0v) is 33.2. The summed E-state index contributed by atoms with van der Waals surface area (Å²) in [7, 11) is -1.67. The SMILES string of the molecule is Cc1ccc2c(n1)oc1c(-c3nc4ccccc4n3Cc3ccccc3)[c-]ccc12.[2H]C([2H])(c1cc(-c2[c-]cccc2)ncc1[Si](C)(C)C)C(C)C.[Ir]. The van der Waals surface area contributed by atoms with Gasteiger partial charge in [-0.1, -0.05) is 98.5 Å². The number of aryl methyl sites for hydroxylation is 1. The molecule has 8 aromatic rings. The maximum absolute atomic E-state index is 8.55. The van der Waals surface area contributed by atoms with Gasteiger partial charge < -0.3 is 14.0 Å². The number of para-hydroxylation sites is 2. The van der Waals surface area contributed by atoms with E-state index in [1.165, 1.54) is 5.56 Å². The maximum atomic E-state index is 8.55. The van der Waals surface area contributed by atoms with E-state index < -0.39 is 14.4 Å². The summed E-state index contributed by atoms with van der Waals surface area (Å²) in [5.74, 6) is 0.763. The van der Waals surface area contributed by atoms with Crippen molar-refractivity contribution >= 4 is 46.4 Å². The number of hydrogen-bond donors (Lipinski definition) is 0. The minimum atomic E-state index is -1.67. The fourth-order valence-electron chi connectivity index (χ4n) is 6.26. The minimum absolute atomic E-state index is 0. The van der Waals surface area contributed by atoms with Crippen molar-refractivity contribution in [1.29, 1.82) is 0 Å². The summed E-state index contributed by atoms with van der Waals surface area (Å²) in [5.41, 5.74) is 8.98. The molecule has 7 heteroatoms. The van der Waals surface area contributed by atoms with Crippen LogP contribution in [-0.4, -0.2) is 27.6 Å². The Morgan fingerprint density at radius 3 is 2.35 bits per heavy atom. The van der Waals surface area contributed by atoms with Gasteiger partial charge in [0.25, 0.3) is 0 Å². The van der Waals surface area contributed by atoms with Gasteiger partial charge >= 0.3 is 0 Å². The predicted molar refractivity (Wildman–Crippen MR) is 209 cm³/mol. The number of benzene rings is 4. The number of pyridine rings is 2. The monoisotopic (exact) mass is 865 g/mol. The minimum Gasteiger partial charge on any atom is -0.486 e. The average molecular weight is 865 g/mol. The van der Waals surface area contributed by atoms with Crippen LogP contribution >= 0.6 is 0 Å². The van der Waals surface area contributed by atoms with E-state index in [0.717, 1.165) is 73.0 Å². The van der Waals surface area contributed by atoms with Crippen molar-refractivity contribution < 1.29 is 27.3 Å². The molecular formula is C44H42IrN4OSi-2. The van der Waals surface area contributed by atoms with Crippen LogP contribution in [0.3, 0.4) is 0 Å². The Bertz CT molecular complexity index is 2510. The first kappa shape index (κ1) is 33.5. The van der Waals surface area contributed by atoms with E-state index in [2.05, 4.69) is 82.7 Å². The molecule has 4 heterocycles. The second-order valence-electron chi connectivity index (χ2n) is 13.9. The Kier molecular flexibility index (Phi) is 10.0. The van der Waals surface area contributed by atoms with Crippen LogP contribution in [0.2, 0.25) is 19.6 Å². The molecule has 0 N–H and O–H groups in total. The van der Waals surface area contributed by atoms with Gasteiger partial charge in [-0.3, -0.25) is 4.98 Å². The number of aromatic nitrogens is 4. The molecule has 0 saturated heterocycles. The summed E-state index contributed by atoms with van der Waals surface area (Å²) in [6.07, 6.45) is 0.528. The molecule has 0 spiro atoms. The van der Waals surface area contributed by atoms with E-state index in [0.29, 0.717) is 5.71 Å². The van der Waals surface area contributed by atoms with Crippen LogP contribution in [-0.2, 0) is 33.0 Å². The van der Waals surface area contributed by atoms with Crippen LogP contribution in [0, 0.1) is 25.0 Å². The van der Waals surface area contributed by atoms with Gasteiger partial charge in [-0.15, -0.1) is 54.1 Å². The fourth-order valence-corrected chi connectivity index (χ4v) is 7.66. The maximum Gasteiger partial charge on any atom is 0.216 e. The third-order valence-electron chi connectivity index (χ3n) is 8.64. The summed E-state index contributed by atoms with van der Waals surface area (Å²) in [5, 5.41) is 3.15. The Labute approximate surface area is 318 Å². The van der Waals surface area contributed by atoms with Crippen molar-refractivity contribution in [2.45, 2.75) is 53.3 Å². The largest absolute Gasteiger partial charge is 0.486 e. The molecule has 0 atom stereocenters. The van der Waals surface area contributed by atoms with Gasteiger partial charge in [-0.05, 0) is 59.9 Å². The first-order valence-electron chi connectivity index (χ1n) is 18.1. The topological polar surface area (TPSA) is 56.7 Å². The van der Waals surface area contributed by atoms with E-state index >= 15 is 0 Å². The molecule has 4 aromatic heterocycles. The van der Waals surface area contributed by atoms with Gasteiger partial charge in [0.2, 0.25) is 5.71 Å². The van der Waals surface area contributed by atoms with Gasteiger partial charge in [0.05, 0.1) is 30.5 Å². The van der Waals surface area contributed by atoms with Gasteiger partial charge in [-0.25, -0.2) is 4.98 Å². The molecule has 259 valence electrons. The molecule has 4 aromatic carbocycles. The van der Waals surface area contributed by atoms with E-state index in [-0.39, 0.29) is 26.0 Å². The molecule has 5 nitrogen and oxygen atoms in total. The van der Waals surface area contributed by atoms with Crippen molar-refractivity contribution in [3.8, 4) is 22.6 Å². The molecule has 51 heavy (non-hydrogen) atoms. The Morgan fingerprint density at radius 2 is 1.61 bits per heavy atom. The van der Waals surface area contributed by atoms with Gasteiger partial charge in [0.15, 0.2) is 0 Å². The Hall–Kier alpha value is -4.68. The quantitative estimate of drug-likeness (QED) is 0.118. The number of rotatable bonds is 7. The summed E-state index contributed by atoms with van der Waals surface area (Å²) >= 11 is 0. The molecule has 0 aliphatic rings. The van der Waals surface area contributed by atoms with Crippen molar-refractivity contribution in [3.05, 3.63) is 144 Å². The summed E-state index contributed by atoms with van der Waals surface area (Å²) in [6, 6.07) is 42.9. The molecular weight excluding hydrogens is 821 g/mol. The molecule has 0 fully saturated rings. The van der Waals surface area contributed by atoms with Crippen molar-refractivity contribution in [1.82, 2.24) is 19.5 Å². The van der Waals surface area contributed by atoms with Crippen LogP contribution in [0.1, 0.15) is 33.4 Å². The molecule has 0 amide bonds. The predicted octanol–water partition coefficient (Wildman–Crippen LogP) is 10.4. The first-order valence-corrected chi connectivity index (χ1v) is 20.6. The molecule has 0 bridgehead atoms. The number of hydrogen-bond acceptors (Lipinski definition) is 4. The fraction of sp³-hybridized carbons (Fsp3) is 0.205. The van der Waals surface area contributed by atoms with Crippen LogP contribution in [0.4, 0.5) is 0 Å². The zero-order chi connectivity index (χ0) is 36.6. The van der Waals surface area contributed by atoms with Gasteiger partial charge in [0.1, 0.15) is 0 Å². The number of imidazole rings is 1. The molecule has 0 unspecified atom stereocenters. The van der Waals surface area contributed by atoms with E-state index in [1.54, 1.807) is 0 Å². The van der Waals surface area contributed by atoms with E-state index in [1.807, 2.05) is 99.8 Å². The van der Waals surface area contributed by atoms with Crippen molar-refractivity contribution in [2.24, 2.45) is 5.92 Å². The summed E-state index contributed by atoms with van der Waals surface area (Å²) < 4.78 is 25.6. The molecule has 1 radical (unpaired) electrons. The third-order valence-corrected chi connectivity index (χ3v) is 10.7. The first-order chi connectivity index (χ1) is 24.9. The molecule has 0 aliphatic carbocycles. The molecule has 0 saturated carbocycles. The number of fused-ring (bicyclic) bond motifs is 4. The smallest absolute Gasteiger partial charge is 0.216 e. The van der Waals surface area contributed by atoms with E-state index in [4.69, 9.17) is 12.1 Å². The average Bonchev–Trinajstić information content (AvgIpc) is 3.69. The standard InChI is InChI=1S/C26H18N3O.C18H24NSi.Ir/c1-17-14-15-20-19-10-7-11-21(24(19)30-26(20)27-17)25-28-22-12-5-6-13-23(22)29(25)16-18-8-3-2-4-9-18;1-14(2)11-16-12-17(15-9-7-6-8-10-15)19-13-18(16)20(3,4)5;/h2-10,12-15H,16H2,1H3;6-9,12-14H,11H2,1-5H3;/q2*-1;/i;11D2;. The Morgan fingerprint density at radius 1 is 0.843 bits per heavy atom. The third kappa shape index (κ3) is 7.81. The summed E-state index contributed by atoms with van der Waals surface area (Å²) in [6.45, 7) is 13.3. The van der Waals surface area contributed by atoms with E-state index in [9.17, 15) is 0 Å². The zero-order valence-electron chi connectivity index (χ0n) is 31.8. The normalized spacial score (nSPS) is 12.4. The summed E-state index contributed by atoms with van der Waals surface area (Å²) in [4.78, 5) is 14.1. The van der Waals surface area contributed by atoms with Gasteiger partial charge in [0, 0.05) is 46.7 Å². The van der Waals surface area contributed by atoms with Crippen molar-refractivity contribution in [3.63, 3.8) is 0 Å². The Balaban J connectivity index is 0.000000188. The van der Waals surface area contributed by atoms with Gasteiger partial charge in [-0.2, -0.15) is 0 Å². The number of nitrogens with zero attached hydrogens (tertiary/aromatic N) is 4. The van der Waals surface area contributed by atoms with Crippen molar-refractivity contribution in [2.75, 3.05) is 0 Å². The molecule has 0 aliphatic heterocycles.